The standard InChI is InChI=1S/C13H11N5O2/c19-12-8(2-1-4-15-12)6-16-13(20)11-9-7-17-18-10(9)3-5-14-11/h1-5,7H,6H2,(H,15,19)(H,16,20)(H,17,18). The monoisotopic (exact) mass is 269 g/mol. The van der Waals surface area contributed by atoms with Crippen molar-refractivity contribution in [2.45, 2.75) is 6.54 Å². The number of rotatable bonds is 3. The van der Waals surface area contributed by atoms with Crippen molar-refractivity contribution in [3.63, 3.8) is 0 Å². The molecule has 3 aromatic rings. The molecule has 3 N–H and O–H groups in total. The Bertz CT molecular complexity index is 820. The number of hydrogen-bond acceptors (Lipinski definition) is 4. The Morgan fingerprint density at radius 2 is 2.25 bits per heavy atom. The van der Waals surface area contributed by atoms with Gasteiger partial charge in [0.05, 0.1) is 17.1 Å². The summed E-state index contributed by atoms with van der Waals surface area (Å²) >= 11 is 0. The van der Waals surface area contributed by atoms with Crippen LogP contribution in [0.1, 0.15) is 16.1 Å². The zero-order valence-corrected chi connectivity index (χ0v) is 10.4. The molecule has 0 aromatic carbocycles. The van der Waals surface area contributed by atoms with Gasteiger partial charge in [-0.05, 0) is 12.1 Å². The summed E-state index contributed by atoms with van der Waals surface area (Å²) in [5, 5.41) is 9.97. The third kappa shape index (κ3) is 2.16. The largest absolute Gasteiger partial charge is 0.346 e. The molecule has 0 radical (unpaired) electrons. The lowest BCUT2D eigenvalue weighted by Gasteiger charge is -2.04. The molecule has 3 rings (SSSR count). The summed E-state index contributed by atoms with van der Waals surface area (Å²) in [5.74, 6) is -0.347. The third-order valence-corrected chi connectivity index (χ3v) is 2.92. The van der Waals surface area contributed by atoms with Crippen LogP contribution in [0, 0.1) is 0 Å². The number of fused-ring (bicyclic) bond motifs is 1. The number of amides is 1. The summed E-state index contributed by atoms with van der Waals surface area (Å²) in [6, 6.07) is 5.10. The van der Waals surface area contributed by atoms with Gasteiger partial charge in [0.1, 0.15) is 5.69 Å². The fourth-order valence-electron chi connectivity index (χ4n) is 1.90. The lowest BCUT2D eigenvalue weighted by Crippen LogP contribution is -2.27. The van der Waals surface area contributed by atoms with Crippen LogP contribution in [0.2, 0.25) is 0 Å². The molecule has 0 saturated heterocycles. The molecule has 7 nitrogen and oxygen atoms in total. The number of nitrogens with one attached hydrogen (secondary N) is 3. The maximum atomic E-state index is 12.1. The van der Waals surface area contributed by atoms with E-state index >= 15 is 0 Å². The Labute approximate surface area is 113 Å². The molecule has 0 aliphatic heterocycles. The van der Waals surface area contributed by atoms with Gasteiger partial charge in [-0.15, -0.1) is 0 Å². The van der Waals surface area contributed by atoms with Gasteiger partial charge < -0.3 is 10.3 Å². The number of aromatic amines is 2. The van der Waals surface area contributed by atoms with E-state index in [0.717, 1.165) is 5.52 Å². The highest BCUT2D eigenvalue weighted by Crippen LogP contribution is 2.13. The van der Waals surface area contributed by atoms with Crippen LogP contribution in [-0.2, 0) is 6.54 Å². The van der Waals surface area contributed by atoms with E-state index in [9.17, 15) is 9.59 Å². The van der Waals surface area contributed by atoms with Crippen molar-refractivity contribution in [2.75, 3.05) is 0 Å². The minimum absolute atomic E-state index is 0.144. The quantitative estimate of drug-likeness (QED) is 0.646. The van der Waals surface area contributed by atoms with Crippen molar-refractivity contribution >= 4 is 16.8 Å². The number of H-pyrrole nitrogens is 2. The van der Waals surface area contributed by atoms with E-state index in [-0.39, 0.29) is 23.7 Å². The molecule has 100 valence electrons. The first-order valence-corrected chi connectivity index (χ1v) is 5.98. The summed E-state index contributed by atoms with van der Waals surface area (Å²) in [7, 11) is 0. The number of aromatic nitrogens is 4. The summed E-state index contributed by atoms with van der Waals surface area (Å²) < 4.78 is 0. The number of nitrogens with zero attached hydrogens (tertiary/aromatic N) is 2. The maximum Gasteiger partial charge on any atom is 0.270 e. The van der Waals surface area contributed by atoms with Crippen molar-refractivity contribution in [2.24, 2.45) is 0 Å². The molecular weight excluding hydrogens is 258 g/mol. The molecule has 1 amide bonds. The third-order valence-electron chi connectivity index (χ3n) is 2.92. The molecule has 0 aliphatic rings. The molecule has 0 saturated carbocycles. The van der Waals surface area contributed by atoms with Crippen molar-refractivity contribution in [3.8, 4) is 0 Å². The van der Waals surface area contributed by atoms with Gasteiger partial charge in [0.25, 0.3) is 11.5 Å². The molecule has 0 fully saturated rings. The van der Waals surface area contributed by atoms with Gasteiger partial charge in [0.15, 0.2) is 0 Å². The van der Waals surface area contributed by atoms with Crippen LogP contribution in [0.25, 0.3) is 10.9 Å². The van der Waals surface area contributed by atoms with Crippen molar-refractivity contribution < 1.29 is 4.79 Å². The van der Waals surface area contributed by atoms with Crippen LogP contribution < -0.4 is 10.9 Å². The molecule has 3 aromatic heterocycles. The Morgan fingerprint density at radius 3 is 3.10 bits per heavy atom. The summed E-state index contributed by atoms with van der Waals surface area (Å²) in [6.07, 6.45) is 4.62. The van der Waals surface area contributed by atoms with Gasteiger partial charge >= 0.3 is 0 Å². The van der Waals surface area contributed by atoms with E-state index in [1.54, 1.807) is 30.6 Å². The van der Waals surface area contributed by atoms with E-state index in [0.29, 0.717) is 10.9 Å². The van der Waals surface area contributed by atoms with Crippen LogP contribution in [0.15, 0.2) is 41.6 Å². The fraction of sp³-hybridized carbons (Fsp3) is 0.0769. The second-order valence-electron chi connectivity index (χ2n) is 4.20. The van der Waals surface area contributed by atoms with E-state index in [1.165, 1.54) is 6.20 Å². The second-order valence-corrected chi connectivity index (χ2v) is 4.20. The predicted octanol–water partition coefficient (Wildman–Crippen LogP) is 0.576. The number of carbonyl (C=O) groups excluding carboxylic acids is 1. The lowest BCUT2D eigenvalue weighted by atomic mass is 10.2. The maximum absolute atomic E-state index is 12.1. The van der Waals surface area contributed by atoms with Crippen LogP contribution in [0.4, 0.5) is 0 Å². The first-order valence-electron chi connectivity index (χ1n) is 5.98. The first kappa shape index (κ1) is 12.1. The molecule has 20 heavy (non-hydrogen) atoms. The van der Waals surface area contributed by atoms with Crippen LogP contribution >= 0.6 is 0 Å². The Kier molecular flexibility index (Phi) is 3.00. The van der Waals surface area contributed by atoms with Crippen molar-refractivity contribution in [1.82, 2.24) is 25.5 Å². The second kappa shape index (κ2) is 4.96. The van der Waals surface area contributed by atoms with Gasteiger partial charge in [0.2, 0.25) is 0 Å². The van der Waals surface area contributed by atoms with E-state index < -0.39 is 0 Å². The van der Waals surface area contributed by atoms with Crippen LogP contribution in [0.3, 0.4) is 0 Å². The van der Waals surface area contributed by atoms with Crippen molar-refractivity contribution in [3.05, 3.63) is 58.4 Å². The summed E-state index contributed by atoms with van der Waals surface area (Å²) in [6.45, 7) is 0.144. The molecule has 0 atom stereocenters. The Balaban J connectivity index is 1.82. The highest BCUT2D eigenvalue weighted by Gasteiger charge is 2.12. The van der Waals surface area contributed by atoms with E-state index in [1.807, 2.05) is 0 Å². The smallest absolute Gasteiger partial charge is 0.270 e. The van der Waals surface area contributed by atoms with Gasteiger partial charge in [-0.1, -0.05) is 6.07 Å². The molecule has 3 heterocycles. The minimum Gasteiger partial charge on any atom is -0.346 e. The molecule has 0 bridgehead atoms. The Hall–Kier alpha value is -2.96. The number of hydrogen-bond donors (Lipinski definition) is 3. The van der Waals surface area contributed by atoms with Gasteiger partial charge in [-0.25, -0.2) is 0 Å². The first-order chi connectivity index (χ1) is 9.75. The highest BCUT2D eigenvalue weighted by molar-refractivity contribution is 6.03. The van der Waals surface area contributed by atoms with Crippen molar-refractivity contribution in [1.29, 1.82) is 0 Å². The van der Waals surface area contributed by atoms with Gasteiger partial charge in [-0.3, -0.25) is 19.7 Å². The van der Waals surface area contributed by atoms with E-state index in [2.05, 4.69) is 25.5 Å². The lowest BCUT2D eigenvalue weighted by molar-refractivity contribution is 0.0947. The van der Waals surface area contributed by atoms with Gasteiger partial charge in [0, 0.05) is 24.5 Å². The summed E-state index contributed by atoms with van der Waals surface area (Å²) in [4.78, 5) is 30.2. The predicted molar refractivity (Wildman–Crippen MR) is 72.1 cm³/mol. The average molecular weight is 269 g/mol. The molecule has 0 aliphatic carbocycles. The highest BCUT2D eigenvalue weighted by atomic mass is 16.2. The average Bonchev–Trinajstić information content (AvgIpc) is 2.94. The Morgan fingerprint density at radius 1 is 1.35 bits per heavy atom. The molecule has 0 spiro atoms. The minimum atomic E-state index is -0.347. The SMILES string of the molecule is O=C(NCc1ccc[nH]c1=O)c1nccc2[nH]ncc12. The van der Waals surface area contributed by atoms with E-state index in [4.69, 9.17) is 0 Å². The zero-order valence-electron chi connectivity index (χ0n) is 10.4. The van der Waals surface area contributed by atoms with Gasteiger partial charge in [-0.2, -0.15) is 5.10 Å². The molecular formula is C13H11N5O2. The van der Waals surface area contributed by atoms with Crippen LogP contribution in [0.5, 0.6) is 0 Å². The zero-order chi connectivity index (χ0) is 13.9. The number of carbonyl (C=O) groups is 1. The number of pyridine rings is 2. The van der Waals surface area contributed by atoms with Crippen LogP contribution in [-0.4, -0.2) is 26.1 Å². The topological polar surface area (TPSA) is 104 Å². The molecule has 7 heteroatoms. The summed E-state index contributed by atoms with van der Waals surface area (Å²) in [5.41, 5.74) is 1.29. The fourth-order valence-corrected chi connectivity index (χ4v) is 1.90. The molecule has 0 unspecified atom stereocenters. The normalized spacial score (nSPS) is 10.6.